The second-order valence-electron chi connectivity index (χ2n) is 7.39. The van der Waals surface area contributed by atoms with Crippen molar-refractivity contribution in [1.29, 1.82) is 0 Å². The van der Waals surface area contributed by atoms with E-state index in [2.05, 4.69) is 20.5 Å². The van der Waals surface area contributed by atoms with Crippen LogP contribution in [0.1, 0.15) is 36.3 Å². The van der Waals surface area contributed by atoms with Gasteiger partial charge in [0.25, 0.3) is 5.91 Å². The van der Waals surface area contributed by atoms with Crippen molar-refractivity contribution in [3.8, 4) is 0 Å². The molecule has 1 saturated heterocycles. The van der Waals surface area contributed by atoms with Gasteiger partial charge in [-0.25, -0.2) is 4.98 Å². The molecular weight excluding hydrogens is 418 g/mol. The fourth-order valence-corrected chi connectivity index (χ4v) is 3.61. The van der Waals surface area contributed by atoms with Gasteiger partial charge in [0.2, 0.25) is 11.8 Å². The number of morpholine rings is 1. The van der Waals surface area contributed by atoms with E-state index in [0.29, 0.717) is 18.9 Å². The van der Waals surface area contributed by atoms with Crippen LogP contribution in [0.4, 0.5) is 11.4 Å². The van der Waals surface area contributed by atoms with Gasteiger partial charge in [0.1, 0.15) is 12.3 Å². The monoisotopic (exact) mass is 447 g/mol. The maximum Gasteiger partial charge on any atom is 0.273 e. The van der Waals surface area contributed by atoms with Gasteiger partial charge in [-0.1, -0.05) is 6.92 Å². The number of carbonyl (C=O) groups excluding carboxylic acids is 2. The van der Waals surface area contributed by atoms with Gasteiger partial charge in [-0.2, -0.15) is 11.8 Å². The van der Waals surface area contributed by atoms with Crippen molar-refractivity contribution in [1.82, 2.24) is 10.3 Å². The highest BCUT2D eigenvalue weighted by molar-refractivity contribution is 7.99. The van der Waals surface area contributed by atoms with Crippen molar-refractivity contribution in [2.24, 2.45) is 5.73 Å². The van der Waals surface area contributed by atoms with E-state index in [0.717, 1.165) is 18.8 Å². The van der Waals surface area contributed by atoms with E-state index in [4.69, 9.17) is 14.9 Å². The number of anilines is 2. The Morgan fingerprint density at radius 2 is 1.87 bits per heavy atom. The standard InChI is InChI=1S/C21H29N5O4S/c1-13(22)21-24-17(12-30-21)19(27)25-18(14(2)31-3)20(28)23-15-4-6-16(7-5-15)26-8-10-29-11-9-26/h4-7,12-14,18H,8-11,22H2,1-3H3,(H,23,28)(H,25,27)/t13?,14-,18-/m1/s1. The smallest absolute Gasteiger partial charge is 0.273 e. The molecule has 1 fully saturated rings. The SMILES string of the molecule is CS[C@H](C)[C@@H](NC(=O)c1coc(C(C)N)n1)C(=O)Nc1ccc(N2CCOCC2)cc1. The quantitative estimate of drug-likeness (QED) is 0.562. The second-order valence-corrected chi connectivity index (χ2v) is 8.60. The van der Waals surface area contributed by atoms with Gasteiger partial charge < -0.3 is 30.4 Å². The fraction of sp³-hybridized carbons (Fsp3) is 0.476. The van der Waals surface area contributed by atoms with Crippen molar-refractivity contribution in [3.63, 3.8) is 0 Å². The third-order valence-corrected chi connectivity index (χ3v) is 6.08. The zero-order valence-electron chi connectivity index (χ0n) is 18.0. The summed E-state index contributed by atoms with van der Waals surface area (Å²) in [5, 5.41) is 5.50. The molecule has 1 aromatic carbocycles. The summed E-state index contributed by atoms with van der Waals surface area (Å²) < 4.78 is 10.6. The molecule has 3 rings (SSSR count). The van der Waals surface area contributed by atoms with Crippen LogP contribution >= 0.6 is 11.8 Å². The highest BCUT2D eigenvalue weighted by Gasteiger charge is 2.28. The number of aromatic nitrogens is 1. The van der Waals surface area contributed by atoms with Gasteiger partial charge in [0.15, 0.2) is 5.69 Å². The van der Waals surface area contributed by atoms with Gasteiger partial charge in [-0.15, -0.1) is 0 Å². The van der Waals surface area contributed by atoms with Crippen molar-refractivity contribution in [3.05, 3.63) is 42.1 Å². The first-order valence-corrected chi connectivity index (χ1v) is 11.5. The summed E-state index contributed by atoms with van der Waals surface area (Å²) in [6, 6.07) is 6.48. The molecule has 10 heteroatoms. The zero-order chi connectivity index (χ0) is 22.4. The molecular formula is C21H29N5O4S. The Labute approximate surface area is 186 Å². The van der Waals surface area contributed by atoms with Crippen LogP contribution in [0.2, 0.25) is 0 Å². The number of nitrogens with one attached hydrogen (secondary N) is 2. The molecule has 168 valence electrons. The predicted molar refractivity (Wildman–Crippen MR) is 121 cm³/mol. The molecule has 1 unspecified atom stereocenters. The van der Waals surface area contributed by atoms with Crippen LogP contribution in [0.15, 0.2) is 34.9 Å². The van der Waals surface area contributed by atoms with Crippen LogP contribution in [-0.2, 0) is 9.53 Å². The molecule has 0 aliphatic carbocycles. The number of nitrogens with two attached hydrogens (primary N) is 1. The first kappa shape index (κ1) is 23.1. The highest BCUT2D eigenvalue weighted by atomic mass is 32.2. The number of benzene rings is 1. The van der Waals surface area contributed by atoms with Gasteiger partial charge in [0, 0.05) is 29.7 Å². The Balaban J connectivity index is 1.65. The number of ether oxygens (including phenoxy) is 1. The molecule has 3 atom stereocenters. The number of rotatable bonds is 8. The number of oxazole rings is 1. The lowest BCUT2D eigenvalue weighted by atomic mass is 10.1. The number of hydrogen-bond donors (Lipinski definition) is 3. The van der Waals surface area contributed by atoms with Gasteiger partial charge in [-0.05, 0) is 37.4 Å². The molecule has 0 saturated carbocycles. The van der Waals surface area contributed by atoms with Crippen LogP contribution in [-0.4, -0.2) is 60.6 Å². The first-order chi connectivity index (χ1) is 14.9. The Morgan fingerprint density at radius 1 is 1.19 bits per heavy atom. The number of thioether (sulfide) groups is 1. The molecule has 2 heterocycles. The largest absolute Gasteiger partial charge is 0.446 e. The summed E-state index contributed by atoms with van der Waals surface area (Å²) in [6.07, 6.45) is 3.13. The van der Waals surface area contributed by atoms with Crippen molar-refractivity contribution < 1.29 is 18.7 Å². The van der Waals surface area contributed by atoms with E-state index >= 15 is 0 Å². The lowest BCUT2D eigenvalue weighted by Gasteiger charge is -2.29. The molecule has 0 bridgehead atoms. The zero-order valence-corrected chi connectivity index (χ0v) is 18.8. The first-order valence-electron chi connectivity index (χ1n) is 10.2. The Hall–Kier alpha value is -2.56. The highest BCUT2D eigenvalue weighted by Crippen LogP contribution is 2.20. The van der Waals surface area contributed by atoms with E-state index in [9.17, 15) is 9.59 Å². The number of carbonyl (C=O) groups is 2. The maximum absolute atomic E-state index is 12.9. The minimum Gasteiger partial charge on any atom is -0.446 e. The second kappa shape index (κ2) is 10.7. The van der Waals surface area contributed by atoms with E-state index in [-0.39, 0.29) is 22.7 Å². The lowest BCUT2D eigenvalue weighted by Crippen LogP contribution is -2.49. The predicted octanol–water partition coefficient (Wildman–Crippen LogP) is 2.02. The minimum atomic E-state index is -0.753. The third-order valence-electron chi connectivity index (χ3n) is 5.07. The molecule has 0 spiro atoms. The molecule has 31 heavy (non-hydrogen) atoms. The lowest BCUT2D eigenvalue weighted by molar-refractivity contribution is -0.117. The van der Waals surface area contributed by atoms with Crippen LogP contribution < -0.4 is 21.3 Å². The molecule has 0 radical (unpaired) electrons. The van der Waals surface area contributed by atoms with Crippen LogP contribution in [0, 0.1) is 0 Å². The Bertz CT molecular complexity index is 880. The fourth-order valence-electron chi connectivity index (χ4n) is 3.15. The molecule has 1 aromatic heterocycles. The number of nitrogens with zero attached hydrogens (tertiary/aromatic N) is 2. The normalized spacial score (nSPS) is 17.0. The van der Waals surface area contributed by atoms with E-state index in [1.807, 2.05) is 37.4 Å². The van der Waals surface area contributed by atoms with Gasteiger partial charge in [0.05, 0.1) is 19.3 Å². The summed E-state index contributed by atoms with van der Waals surface area (Å²) in [7, 11) is 0. The Morgan fingerprint density at radius 3 is 2.45 bits per heavy atom. The molecule has 1 aliphatic rings. The maximum atomic E-state index is 12.9. The number of hydrogen-bond acceptors (Lipinski definition) is 8. The average Bonchev–Trinajstić information content (AvgIpc) is 3.29. The summed E-state index contributed by atoms with van der Waals surface area (Å²) in [5.41, 5.74) is 7.56. The van der Waals surface area contributed by atoms with Crippen LogP contribution in [0.5, 0.6) is 0 Å². The van der Waals surface area contributed by atoms with Crippen molar-refractivity contribution in [2.45, 2.75) is 31.2 Å². The average molecular weight is 448 g/mol. The summed E-state index contributed by atoms with van der Waals surface area (Å²) in [6.45, 7) is 6.71. The molecule has 2 amide bonds. The molecule has 4 N–H and O–H groups in total. The van der Waals surface area contributed by atoms with E-state index < -0.39 is 18.0 Å². The summed E-state index contributed by atoms with van der Waals surface area (Å²) in [4.78, 5) is 31.9. The Kier molecular flexibility index (Phi) is 7.94. The van der Waals surface area contributed by atoms with Crippen molar-refractivity contribution >= 4 is 35.0 Å². The van der Waals surface area contributed by atoms with E-state index in [1.54, 1.807) is 6.92 Å². The van der Waals surface area contributed by atoms with Crippen LogP contribution in [0.3, 0.4) is 0 Å². The minimum absolute atomic E-state index is 0.0910. The number of amides is 2. The molecule has 2 aromatic rings. The van der Waals surface area contributed by atoms with Crippen molar-refractivity contribution in [2.75, 3.05) is 42.8 Å². The molecule has 1 aliphatic heterocycles. The molecule has 9 nitrogen and oxygen atoms in total. The topological polar surface area (TPSA) is 123 Å². The third kappa shape index (κ3) is 5.99. The summed E-state index contributed by atoms with van der Waals surface area (Å²) in [5.74, 6) is -0.519. The summed E-state index contributed by atoms with van der Waals surface area (Å²) >= 11 is 1.48. The van der Waals surface area contributed by atoms with E-state index in [1.165, 1.54) is 18.0 Å². The van der Waals surface area contributed by atoms with Crippen LogP contribution in [0.25, 0.3) is 0 Å². The van der Waals surface area contributed by atoms with Gasteiger partial charge >= 0.3 is 0 Å². The van der Waals surface area contributed by atoms with Gasteiger partial charge in [-0.3, -0.25) is 9.59 Å².